The maximum Gasteiger partial charge on any atom is 0.124 e. The number of aryl methyl sites for hydroxylation is 2. The summed E-state index contributed by atoms with van der Waals surface area (Å²) < 4.78 is 14.0. The second kappa shape index (κ2) is 7.19. The van der Waals surface area contributed by atoms with E-state index in [0.717, 1.165) is 22.9 Å². The van der Waals surface area contributed by atoms with Gasteiger partial charge in [0.15, 0.2) is 0 Å². The van der Waals surface area contributed by atoms with Crippen molar-refractivity contribution in [3.63, 3.8) is 0 Å². The number of hydrogen-bond donors (Lipinski definition) is 1. The molecule has 0 radical (unpaired) electrons. The molecular weight excluding hydrogens is 329 g/mol. The van der Waals surface area contributed by atoms with E-state index in [1.165, 1.54) is 28.8 Å². The maximum atomic E-state index is 13.2. The van der Waals surface area contributed by atoms with Crippen molar-refractivity contribution in [3.8, 4) is 0 Å². The predicted molar refractivity (Wildman–Crippen MR) is 90.3 cm³/mol. The van der Waals surface area contributed by atoms with Gasteiger partial charge in [0.05, 0.1) is 0 Å². The molecule has 2 aromatic rings. The third-order valence-corrected chi connectivity index (χ3v) is 4.68. The number of benzene rings is 2. The van der Waals surface area contributed by atoms with Gasteiger partial charge < -0.3 is 5.32 Å². The van der Waals surface area contributed by atoms with Crippen LogP contribution in [-0.2, 0) is 12.8 Å². The van der Waals surface area contributed by atoms with Crippen LogP contribution in [0.5, 0.6) is 0 Å². The summed E-state index contributed by atoms with van der Waals surface area (Å²) in [6.07, 6.45) is 1.83. The Hall–Kier alpha value is -1.19. The van der Waals surface area contributed by atoms with Gasteiger partial charge in [-0.15, -0.1) is 0 Å². The Morgan fingerprint density at radius 3 is 2.43 bits per heavy atom. The van der Waals surface area contributed by atoms with Crippen molar-refractivity contribution in [2.24, 2.45) is 0 Å². The summed E-state index contributed by atoms with van der Waals surface area (Å²) in [5, 5.41) is 3.36. The fourth-order valence-electron chi connectivity index (χ4n) is 2.44. The number of nitrogens with one attached hydrogen (secondary N) is 1. The summed E-state index contributed by atoms with van der Waals surface area (Å²) in [4.78, 5) is 0. The Balaban J connectivity index is 2.10. The summed E-state index contributed by atoms with van der Waals surface area (Å²) in [7, 11) is 1.98. The normalized spacial score (nSPS) is 12.4. The molecule has 0 aliphatic carbocycles. The first kappa shape index (κ1) is 16.2. The van der Waals surface area contributed by atoms with Crippen LogP contribution in [0.2, 0.25) is 0 Å². The van der Waals surface area contributed by atoms with Crippen molar-refractivity contribution >= 4 is 15.9 Å². The first-order valence-electron chi connectivity index (χ1n) is 7.17. The average Bonchev–Trinajstić information content (AvgIpc) is 2.44. The summed E-state index contributed by atoms with van der Waals surface area (Å²) in [6.45, 7) is 4.27. The second-order valence-corrected chi connectivity index (χ2v) is 6.40. The molecule has 1 N–H and O–H groups in total. The van der Waals surface area contributed by atoms with Gasteiger partial charge in [0.2, 0.25) is 0 Å². The van der Waals surface area contributed by atoms with Gasteiger partial charge in [0.25, 0.3) is 0 Å². The minimum Gasteiger partial charge on any atom is -0.316 e. The van der Waals surface area contributed by atoms with Gasteiger partial charge in [-0.05, 0) is 68.1 Å². The Morgan fingerprint density at radius 2 is 1.81 bits per heavy atom. The largest absolute Gasteiger partial charge is 0.316 e. The van der Waals surface area contributed by atoms with Crippen molar-refractivity contribution < 1.29 is 4.39 Å². The van der Waals surface area contributed by atoms with Gasteiger partial charge in [-0.25, -0.2) is 4.39 Å². The maximum absolute atomic E-state index is 13.2. The molecule has 112 valence electrons. The smallest absolute Gasteiger partial charge is 0.124 e. The van der Waals surface area contributed by atoms with Crippen molar-refractivity contribution in [3.05, 3.63) is 68.9 Å². The fraction of sp³-hybridized carbons (Fsp3) is 0.333. The summed E-state index contributed by atoms with van der Waals surface area (Å²) >= 11 is 3.44. The molecule has 2 aromatic carbocycles. The molecule has 1 nitrogen and oxygen atoms in total. The highest BCUT2D eigenvalue weighted by Gasteiger charge is 2.11. The number of halogens is 2. The zero-order chi connectivity index (χ0) is 15.4. The average molecular weight is 350 g/mol. The Morgan fingerprint density at radius 1 is 1.05 bits per heavy atom. The van der Waals surface area contributed by atoms with Gasteiger partial charge in [-0.3, -0.25) is 0 Å². The summed E-state index contributed by atoms with van der Waals surface area (Å²) in [6, 6.07) is 11.8. The first-order valence-corrected chi connectivity index (χ1v) is 7.96. The SMILES string of the molecule is CNC(Cc1ccc(C)c(C)c1)Cc1ccc(F)cc1Br. The third kappa shape index (κ3) is 4.39. The van der Waals surface area contributed by atoms with Crippen LogP contribution in [0.15, 0.2) is 40.9 Å². The highest BCUT2D eigenvalue weighted by Crippen LogP contribution is 2.21. The van der Waals surface area contributed by atoms with Crippen molar-refractivity contribution in [2.75, 3.05) is 7.05 Å². The molecule has 3 heteroatoms. The fourth-order valence-corrected chi connectivity index (χ4v) is 2.96. The van der Waals surface area contributed by atoms with Gasteiger partial charge >= 0.3 is 0 Å². The number of rotatable bonds is 5. The molecule has 0 aliphatic rings. The first-order chi connectivity index (χ1) is 9.99. The van der Waals surface area contributed by atoms with E-state index in [1.807, 2.05) is 13.1 Å². The van der Waals surface area contributed by atoms with Gasteiger partial charge in [-0.1, -0.05) is 40.2 Å². The molecule has 21 heavy (non-hydrogen) atoms. The molecule has 1 unspecified atom stereocenters. The van der Waals surface area contributed by atoms with Crippen LogP contribution in [-0.4, -0.2) is 13.1 Å². The molecular formula is C18H21BrFN. The van der Waals surface area contributed by atoms with Crippen LogP contribution in [0.3, 0.4) is 0 Å². The van der Waals surface area contributed by atoms with Crippen molar-refractivity contribution in [1.82, 2.24) is 5.32 Å². The summed E-state index contributed by atoms with van der Waals surface area (Å²) in [5.74, 6) is -0.208. The van der Waals surface area contributed by atoms with Crippen molar-refractivity contribution in [1.29, 1.82) is 0 Å². The standard InChI is InChI=1S/C18H21BrFN/c1-12-4-5-14(8-13(12)2)9-17(21-3)10-15-6-7-16(20)11-18(15)19/h4-8,11,17,21H,9-10H2,1-3H3. The van der Waals surface area contributed by atoms with E-state index in [1.54, 1.807) is 0 Å². The molecule has 0 amide bonds. The lowest BCUT2D eigenvalue weighted by Gasteiger charge is -2.18. The molecule has 0 saturated carbocycles. The Kier molecular flexibility index (Phi) is 5.54. The van der Waals surface area contributed by atoms with Crippen LogP contribution in [0.1, 0.15) is 22.3 Å². The van der Waals surface area contributed by atoms with E-state index >= 15 is 0 Å². The molecule has 0 heterocycles. The zero-order valence-corrected chi connectivity index (χ0v) is 14.3. The zero-order valence-electron chi connectivity index (χ0n) is 12.7. The topological polar surface area (TPSA) is 12.0 Å². The van der Waals surface area contributed by atoms with E-state index in [9.17, 15) is 4.39 Å². The molecule has 0 spiro atoms. The molecule has 0 aromatic heterocycles. The molecule has 0 bridgehead atoms. The van der Waals surface area contributed by atoms with E-state index < -0.39 is 0 Å². The van der Waals surface area contributed by atoms with Crippen LogP contribution in [0.25, 0.3) is 0 Å². The van der Waals surface area contributed by atoms with E-state index in [4.69, 9.17) is 0 Å². The van der Waals surface area contributed by atoms with Gasteiger partial charge in [0, 0.05) is 10.5 Å². The van der Waals surface area contributed by atoms with Crippen molar-refractivity contribution in [2.45, 2.75) is 32.7 Å². The van der Waals surface area contributed by atoms with E-state index in [0.29, 0.717) is 6.04 Å². The lowest BCUT2D eigenvalue weighted by atomic mass is 9.97. The van der Waals surface area contributed by atoms with Gasteiger partial charge in [0.1, 0.15) is 5.82 Å². The minimum absolute atomic E-state index is 0.208. The Bertz CT molecular complexity index is 625. The van der Waals surface area contributed by atoms with Crippen LogP contribution >= 0.6 is 15.9 Å². The highest BCUT2D eigenvalue weighted by atomic mass is 79.9. The molecule has 0 saturated heterocycles. The predicted octanol–water partition coefficient (Wildman–Crippen LogP) is 4.58. The lowest BCUT2D eigenvalue weighted by molar-refractivity contribution is 0.554. The lowest BCUT2D eigenvalue weighted by Crippen LogP contribution is -2.30. The third-order valence-electron chi connectivity index (χ3n) is 3.94. The number of hydrogen-bond acceptors (Lipinski definition) is 1. The van der Waals surface area contributed by atoms with E-state index in [2.05, 4.69) is 53.3 Å². The molecule has 1 atom stereocenters. The quantitative estimate of drug-likeness (QED) is 0.832. The second-order valence-electron chi connectivity index (χ2n) is 5.55. The van der Waals surface area contributed by atoms with Crippen LogP contribution < -0.4 is 5.32 Å². The molecule has 0 aliphatic heterocycles. The minimum atomic E-state index is -0.208. The van der Waals surface area contributed by atoms with Crippen LogP contribution in [0, 0.1) is 19.7 Å². The Labute approximate surface area is 134 Å². The van der Waals surface area contributed by atoms with Gasteiger partial charge in [-0.2, -0.15) is 0 Å². The number of likely N-dealkylation sites (N-methyl/N-ethyl adjacent to an activating group) is 1. The molecule has 2 rings (SSSR count). The van der Waals surface area contributed by atoms with Crippen LogP contribution in [0.4, 0.5) is 4.39 Å². The highest BCUT2D eigenvalue weighted by molar-refractivity contribution is 9.10. The summed E-state index contributed by atoms with van der Waals surface area (Å²) in [5.41, 5.74) is 5.10. The molecule has 0 fully saturated rings. The van der Waals surface area contributed by atoms with E-state index in [-0.39, 0.29) is 5.82 Å². The monoisotopic (exact) mass is 349 g/mol.